The van der Waals surface area contributed by atoms with Gasteiger partial charge >= 0.3 is 0 Å². The first kappa shape index (κ1) is 16.0. The Bertz CT molecular complexity index is 557. The van der Waals surface area contributed by atoms with E-state index in [9.17, 15) is 0 Å². The zero-order valence-electron chi connectivity index (χ0n) is 12.5. The lowest BCUT2D eigenvalue weighted by Gasteiger charge is -2.32. The molecule has 0 saturated heterocycles. The molecule has 0 amide bonds. The van der Waals surface area contributed by atoms with Crippen LogP contribution < -0.4 is 5.73 Å². The van der Waals surface area contributed by atoms with E-state index in [2.05, 4.69) is 23.0 Å². The molecule has 3 nitrogen and oxygen atoms in total. The first-order chi connectivity index (χ1) is 10.1. The van der Waals surface area contributed by atoms with Gasteiger partial charge in [0, 0.05) is 30.0 Å². The number of nitrogens with two attached hydrogens (primary N) is 1. The van der Waals surface area contributed by atoms with Crippen molar-refractivity contribution in [2.45, 2.75) is 25.4 Å². The largest absolute Gasteiger partial charge is 0.326 e. The highest BCUT2D eigenvalue weighted by Crippen LogP contribution is 2.28. The highest BCUT2D eigenvalue weighted by atomic mass is 35.5. The standard InChI is InChI=1S/C17H22ClN3/c1-13(19)17(15-5-3-4-6-16(15)18)21(2)12-9-14-7-10-20-11-8-14/h3-8,10-11,13,17H,9,12,19H2,1-2H3. The second-order valence-electron chi connectivity index (χ2n) is 5.41. The summed E-state index contributed by atoms with van der Waals surface area (Å²) in [7, 11) is 2.10. The third-order valence-electron chi connectivity index (χ3n) is 3.70. The minimum absolute atomic E-state index is 0.00680. The van der Waals surface area contributed by atoms with E-state index in [-0.39, 0.29) is 12.1 Å². The fourth-order valence-corrected chi connectivity index (χ4v) is 2.88. The van der Waals surface area contributed by atoms with Crippen LogP contribution in [-0.4, -0.2) is 29.5 Å². The summed E-state index contributed by atoms with van der Waals surface area (Å²) in [5.74, 6) is 0. The Morgan fingerprint density at radius 2 is 1.86 bits per heavy atom. The highest BCUT2D eigenvalue weighted by Gasteiger charge is 2.22. The van der Waals surface area contributed by atoms with Gasteiger partial charge in [-0.25, -0.2) is 0 Å². The average molecular weight is 304 g/mol. The van der Waals surface area contributed by atoms with Gasteiger partial charge in [0.1, 0.15) is 0 Å². The lowest BCUT2D eigenvalue weighted by atomic mass is 9.99. The number of hydrogen-bond acceptors (Lipinski definition) is 3. The van der Waals surface area contributed by atoms with E-state index in [1.807, 2.05) is 49.6 Å². The summed E-state index contributed by atoms with van der Waals surface area (Å²) in [6.07, 6.45) is 4.62. The van der Waals surface area contributed by atoms with Crippen LogP contribution in [0.25, 0.3) is 0 Å². The van der Waals surface area contributed by atoms with Gasteiger partial charge in [-0.3, -0.25) is 9.88 Å². The maximum absolute atomic E-state index is 6.33. The summed E-state index contributed by atoms with van der Waals surface area (Å²) >= 11 is 6.33. The van der Waals surface area contributed by atoms with Crippen molar-refractivity contribution in [3.63, 3.8) is 0 Å². The van der Waals surface area contributed by atoms with Crippen molar-refractivity contribution >= 4 is 11.6 Å². The molecule has 21 heavy (non-hydrogen) atoms. The van der Waals surface area contributed by atoms with Crippen LogP contribution in [0.15, 0.2) is 48.8 Å². The van der Waals surface area contributed by atoms with Crippen LogP contribution in [0.2, 0.25) is 5.02 Å². The molecule has 2 N–H and O–H groups in total. The molecule has 0 aliphatic rings. The van der Waals surface area contributed by atoms with Crippen molar-refractivity contribution in [1.29, 1.82) is 0 Å². The lowest BCUT2D eigenvalue weighted by molar-refractivity contribution is 0.221. The molecular formula is C17H22ClN3. The predicted octanol–water partition coefficient (Wildman–Crippen LogP) is 3.30. The summed E-state index contributed by atoms with van der Waals surface area (Å²) in [5.41, 5.74) is 8.56. The van der Waals surface area contributed by atoms with E-state index in [0.29, 0.717) is 0 Å². The molecule has 0 bridgehead atoms. The van der Waals surface area contributed by atoms with Crippen LogP contribution in [0.1, 0.15) is 24.1 Å². The quantitative estimate of drug-likeness (QED) is 0.890. The fourth-order valence-electron chi connectivity index (χ4n) is 2.63. The van der Waals surface area contributed by atoms with E-state index in [1.54, 1.807) is 0 Å². The Kier molecular flexibility index (Phi) is 5.74. The minimum atomic E-state index is 0.00680. The number of pyridine rings is 1. The van der Waals surface area contributed by atoms with Crippen molar-refractivity contribution in [2.75, 3.05) is 13.6 Å². The number of nitrogens with zero attached hydrogens (tertiary/aromatic N) is 2. The molecule has 112 valence electrons. The number of rotatable bonds is 6. The molecule has 2 atom stereocenters. The number of halogens is 1. The van der Waals surface area contributed by atoms with Crippen LogP contribution in [-0.2, 0) is 6.42 Å². The summed E-state index contributed by atoms with van der Waals surface area (Å²) in [4.78, 5) is 6.31. The maximum Gasteiger partial charge on any atom is 0.0508 e. The zero-order chi connectivity index (χ0) is 15.2. The molecule has 0 aliphatic heterocycles. The smallest absolute Gasteiger partial charge is 0.0508 e. The van der Waals surface area contributed by atoms with Gasteiger partial charge in [-0.05, 0) is 49.7 Å². The molecule has 2 rings (SSSR count). The van der Waals surface area contributed by atoms with E-state index in [4.69, 9.17) is 17.3 Å². The average Bonchev–Trinajstić information content (AvgIpc) is 2.48. The highest BCUT2D eigenvalue weighted by molar-refractivity contribution is 6.31. The van der Waals surface area contributed by atoms with Crippen molar-refractivity contribution in [1.82, 2.24) is 9.88 Å². The zero-order valence-corrected chi connectivity index (χ0v) is 13.3. The van der Waals surface area contributed by atoms with Crippen LogP contribution >= 0.6 is 11.6 Å². The summed E-state index contributed by atoms with van der Waals surface area (Å²) in [5, 5.41) is 0.774. The van der Waals surface area contributed by atoms with Gasteiger partial charge in [0.25, 0.3) is 0 Å². The maximum atomic E-state index is 6.33. The topological polar surface area (TPSA) is 42.1 Å². The summed E-state index contributed by atoms with van der Waals surface area (Å²) in [6, 6.07) is 12.1. The van der Waals surface area contributed by atoms with E-state index in [0.717, 1.165) is 23.6 Å². The van der Waals surface area contributed by atoms with E-state index in [1.165, 1.54) is 5.56 Å². The first-order valence-corrected chi connectivity index (χ1v) is 7.56. The molecule has 2 aromatic rings. The minimum Gasteiger partial charge on any atom is -0.326 e. The van der Waals surface area contributed by atoms with E-state index >= 15 is 0 Å². The van der Waals surface area contributed by atoms with Crippen LogP contribution in [0, 0.1) is 0 Å². The molecule has 1 aromatic carbocycles. The molecule has 1 heterocycles. The normalized spacial score (nSPS) is 14.1. The van der Waals surface area contributed by atoms with Crippen molar-refractivity contribution in [3.8, 4) is 0 Å². The summed E-state index contributed by atoms with van der Waals surface area (Å²) in [6.45, 7) is 2.94. The van der Waals surface area contributed by atoms with Crippen LogP contribution in [0.5, 0.6) is 0 Å². The lowest BCUT2D eigenvalue weighted by Crippen LogP contribution is -2.38. The van der Waals surface area contributed by atoms with Crippen LogP contribution in [0.4, 0.5) is 0 Å². The van der Waals surface area contributed by atoms with Crippen molar-refractivity contribution in [2.24, 2.45) is 5.73 Å². The Morgan fingerprint density at radius 3 is 2.48 bits per heavy atom. The number of hydrogen-bond donors (Lipinski definition) is 1. The van der Waals surface area contributed by atoms with Gasteiger partial charge in [0.05, 0.1) is 6.04 Å². The summed E-state index contributed by atoms with van der Waals surface area (Å²) < 4.78 is 0. The van der Waals surface area contributed by atoms with Gasteiger partial charge in [0.2, 0.25) is 0 Å². The van der Waals surface area contributed by atoms with Crippen molar-refractivity contribution in [3.05, 3.63) is 64.9 Å². The molecule has 0 aliphatic carbocycles. The Morgan fingerprint density at radius 1 is 1.19 bits per heavy atom. The second-order valence-corrected chi connectivity index (χ2v) is 5.82. The number of benzene rings is 1. The first-order valence-electron chi connectivity index (χ1n) is 7.18. The van der Waals surface area contributed by atoms with Gasteiger partial charge in [-0.15, -0.1) is 0 Å². The molecule has 0 radical (unpaired) electrons. The Labute approximate surface area is 131 Å². The Hall–Kier alpha value is -1.42. The molecule has 0 saturated carbocycles. The SMILES string of the molecule is CC(N)C(c1ccccc1Cl)N(C)CCc1ccncc1. The van der Waals surface area contributed by atoms with E-state index < -0.39 is 0 Å². The fraction of sp³-hybridized carbons (Fsp3) is 0.353. The molecule has 0 spiro atoms. The predicted molar refractivity (Wildman–Crippen MR) is 88.4 cm³/mol. The molecular weight excluding hydrogens is 282 g/mol. The number of likely N-dealkylation sites (N-methyl/N-ethyl adjacent to an activating group) is 1. The number of aromatic nitrogens is 1. The van der Waals surface area contributed by atoms with Gasteiger partial charge in [0.15, 0.2) is 0 Å². The van der Waals surface area contributed by atoms with Crippen LogP contribution in [0.3, 0.4) is 0 Å². The second kappa shape index (κ2) is 7.55. The molecule has 1 aromatic heterocycles. The molecule has 4 heteroatoms. The Balaban J connectivity index is 2.10. The molecule has 0 fully saturated rings. The van der Waals surface area contributed by atoms with Gasteiger partial charge in [-0.2, -0.15) is 0 Å². The molecule has 2 unspecified atom stereocenters. The van der Waals surface area contributed by atoms with Crippen molar-refractivity contribution < 1.29 is 0 Å². The third-order valence-corrected chi connectivity index (χ3v) is 4.04. The van der Waals surface area contributed by atoms with Gasteiger partial charge in [-0.1, -0.05) is 29.8 Å². The van der Waals surface area contributed by atoms with Gasteiger partial charge < -0.3 is 5.73 Å². The third kappa shape index (κ3) is 4.27. The monoisotopic (exact) mass is 303 g/mol.